The molecule has 86 valence electrons. The first-order valence-electron chi connectivity index (χ1n) is 5.59. The van der Waals surface area contributed by atoms with E-state index in [1.165, 1.54) is 5.56 Å². The Labute approximate surface area is 95.7 Å². The number of aromatic nitrogens is 1. The van der Waals surface area contributed by atoms with E-state index in [-0.39, 0.29) is 0 Å². The molecule has 3 heteroatoms. The molecule has 0 radical (unpaired) electrons. The summed E-state index contributed by atoms with van der Waals surface area (Å²) in [6.45, 7) is 5.09. The highest BCUT2D eigenvalue weighted by molar-refractivity contribution is 5.88. The lowest BCUT2D eigenvalue weighted by Gasteiger charge is -2.06. The second-order valence-electron chi connectivity index (χ2n) is 4.47. The van der Waals surface area contributed by atoms with Crippen LogP contribution in [0.25, 0.3) is 10.9 Å². The van der Waals surface area contributed by atoms with Crippen molar-refractivity contribution in [2.24, 2.45) is 7.05 Å². The number of fused-ring (bicyclic) bond motifs is 1. The van der Waals surface area contributed by atoms with Crippen molar-refractivity contribution in [2.75, 3.05) is 0 Å². The summed E-state index contributed by atoms with van der Waals surface area (Å²) in [5.41, 5.74) is 2.13. The summed E-state index contributed by atoms with van der Waals surface area (Å²) >= 11 is 0. The molecule has 0 saturated carbocycles. The van der Waals surface area contributed by atoms with E-state index in [0.29, 0.717) is 11.8 Å². The van der Waals surface area contributed by atoms with Crippen LogP contribution in [0, 0.1) is 0 Å². The van der Waals surface area contributed by atoms with Gasteiger partial charge in [0.05, 0.1) is 5.52 Å². The Kier molecular flexibility index (Phi) is 2.88. The fourth-order valence-electron chi connectivity index (χ4n) is 1.98. The van der Waals surface area contributed by atoms with Crippen LogP contribution in [0.2, 0.25) is 0 Å². The largest absolute Gasteiger partial charge is 0.506 e. The van der Waals surface area contributed by atoms with Crippen LogP contribution in [0.15, 0.2) is 24.4 Å². The Morgan fingerprint density at radius 1 is 1.38 bits per heavy atom. The molecule has 0 aliphatic carbocycles. The third-order valence-electron chi connectivity index (χ3n) is 2.76. The van der Waals surface area contributed by atoms with Crippen LogP contribution in [0.3, 0.4) is 0 Å². The normalized spacial score (nSPS) is 11.5. The highest BCUT2D eigenvalue weighted by atomic mass is 16.3. The predicted octanol–water partition coefficient (Wildman–Crippen LogP) is 2.38. The highest BCUT2D eigenvalue weighted by Crippen LogP contribution is 2.28. The lowest BCUT2D eigenvalue weighted by atomic mass is 10.1. The van der Waals surface area contributed by atoms with Crippen molar-refractivity contribution in [3.05, 3.63) is 30.0 Å². The fraction of sp³-hybridized carbons (Fsp3) is 0.385. The maximum absolute atomic E-state index is 9.80. The number of nitrogens with one attached hydrogen (secondary N) is 1. The molecule has 0 aliphatic heterocycles. The van der Waals surface area contributed by atoms with Gasteiger partial charge in [0.2, 0.25) is 0 Å². The number of rotatable bonds is 3. The molecule has 1 aromatic carbocycles. The van der Waals surface area contributed by atoms with Crippen molar-refractivity contribution in [3.8, 4) is 5.75 Å². The summed E-state index contributed by atoms with van der Waals surface area (Å²) in [6.07, 6.45) is 2.07. The van der Waals surface area contributed by atoms with Crippen LogP contribution >= 0.6 is 0 Å². The first-order valence-corrected chi connectivity index (χ1v) is 5.59. The molecule has 2 N–H and O–H groups in total. The molecule has 0 bridgehead atoms. The zero-order valence-corrected chi connectivity index (χ0v) is 9.99. The molecule has 1 aromatic heterocycles. The molecule has 0 saturated heterocycles. The number of hydrogen-bond acceptors (Lipinski definition) is 2. The number of para-hydroxylation sites is 1. The standard InChI is InChI=1S/C13H18N2O/c1-9(2)14-7-10-8-15(3)13-11(10)5-4-6-12(13)16/h4-6,8-9,14,16H,7H2,1-3H3. The zero-order chi connectivity index (χ0) is 11.7. The number of aromatic hydroxyl groups is 1. The Hall–Kier alpha value is -1.48. The van der Waals surface area contributed by atoms with E-state index in [9.17, 15) is 5.11 Å². The van der Waals surface area contributed by atoms with Crippen molar-refractivity contribution in [2.45, 2.75) is 26.4 Å². The number of hydrogen-bond donors (Lipinski definition) is 2. The van der Waals surface area contributed by atoms with Crippen LogP contribution in [0.5, 0.6) is 5.75 Å². The molecule has 1 heterocycles. The lowest BCUT2D eigenvalue weighted by Crippen LogP contribution is -2.21. The summed E-state index contributed by atoms with van der Waals surface area (Å²) in [5, 5.41) is 14.3. The van der Waals surface area contributed by atoms with Gasteiger partial charge in [-0.3, -0.25) is 0 Å². The predicted molar refractivity (Wildman–Crippen MR) is 66.6 cm³/mol. The smallest absolute Gasteiger partial charge is 0.139 e. The van der Waals surface area contributed by atoms with Gasteiger partial charge >= 0.3 is 0 Å². The van der Waals surface area contributed by atoms with Crippen LogP contribution in [0.1, 0.15) is 19.4 Å². The minimum atomic E-state index is 0.343. The second kappa shape index (κ2) is 4.18. The topological polar surface area (TPSA) is 37.2 Å². The Bertz CT molecular complexity index is 500. The molecule has 2 rings (SSSR count). The van der Waals surface area contributed by atoms with Gasteiger partial charge in [-0.2, -0.15) is 0 Å². The van der Waals surface area contributed by atoms with Gasteiger partial charge in [0.1, 0.15) is 5.75 Å². The van der Waals surface area contributed by atoms with Gasteiger partial charge in [-0.1, -0.05) is 26.0 Å². The van der Waals surface area contributed by atoms with Gasteiger partial charge in [0.15, 0.2) is 0 Å². The van der Waals surface area contributed by atoms with E-state index in [1.807, 2.05) is 23.7 Å². The summed E-state index contributed by atoms with van der Waals surface area (Å²) in [7, 11) is 1.96. The highest BCUT2D eigenvalue weighted by Gasteiger charge is 2.09. The number of nitrogens with zero attached hydrogens (tertiary/aromatic N) is 1. The monoisotopic (exact) mass is 218 g/mol. The third-order valence-corrected chi connectivity index (χ3v) is 2.76. The summed E-state index contributed by atoms with van der Waals surface area (Å²) in [5.74, 6) is 0.343. The van der Waals surface area contributed by atoms with Crippen molar-refractivity contribution < 1.29 is 5.11 Å². The van der Waals surface area contributed by atoms with Crippen molar-refractivity contribution in [3.63, 3.8) is 0 Å². The van der Waals surface area contributed by atoms with Gasteiger partial charge < -0.3 is 15.0 Å². The van der Waals surface area contributed by atoms with E-state index in [2.05, 4.69) is 25.4 Å². The number of aryl methyl sites for hydroxylation is 1. The average molecular weight is 218 g/mol. The van der Waals surface area contributed by atoms with E-state index < -0.39 is 0 Å². The quantitative estimate of drug-likeness (QED) is 0.830. The Morgan fingerprint density at radius 2 is 2.12 bits per heavy atom. The molecule has 0 amide bonds. The maximum atomic E-state index is 9.80. The van der Waals surface area contributed by atoms with Crippen LogP contribution < -0.4 is 5.32 Å². The summed E-state index contributed by atoms with van der Waals surface area (Å²) in [6, 6.07) is 6.12. The molecule has 0 spiro atoms. The van der Waals surface area contributed by atoms with Gasteiger partial charge in [0, 0.05) is 31.2 Å². The maximum Gasteiger partial charge on any atom is 0.139 e. The zero-order valence-electron chi connectivity index (χ0n) is 9.99. The second-order valence-corrected chi connectivity index (χ2v) is 4.47. The minimum Gasteiger partial charge on any atom is -0.506 e. The van der Waals surface area contributed by atoms with Crippen molar-refractivity contribution >= 4 is 10.9 Å². The van der Waals surface area contributed by atoms with Gasteiger partial charge in [0.25, 0.3) is 0 Å². The van der Waals surface area contributed by atoms with Crippen LogP contribution in [0.4, 0.5) is 0 Å². The van der Waals surface area contributed by atoms with E-state index in [1.54, 1.807) is 6.07 Å². The molecule has 0 fully saturated rings. The molecule has 0 atom stereocenters. The van der Waals surface area contributed by atoms with Gasteiger partial charge in [-0.05, 0) is 11.6 Å². The molecular formula is C13H18N2O. The van der Waals surface area contributed by atoms with Gasteiger partial charge in [-0.25, -0.2) is 0 Å². The Balaban J connectivity index is 2.43. The molecule has 3 nitrogen and oxygen atoms in total. The summed E-state index contributed by atoms with van der Waals surface area (Å²) in [4.78, 5) is 0. The van der Waals surface area contributed by atoms with E-state index in [0.717, 1.165) is 17.4 Å². The van der Waals surface area contributed by atoms with Crippen LogP contribution in [-0.2, 0) is 13.6 Å². The lowest BCUT2D eigenvalue weighted by molar-refractivity contribution is 0.479. The minimum absolute atomic E-state index is 0.343. The molecule has 0 aliphatic rings. The van der Waals surface area contributed by atoms with E-state index >= 15 is 0 Å². The number of benzene rings is 1. The first-order chi connectivity index (χ1) is 7.59. The molecule has 16 heavy (non-hydrogen) atoms. The Morgan fingerprint density at radius 3 is 2.81 bits per heavy atom. The SMILES string of the molecule is CC(C)NCc1cn(C)c2c(O)cccc12. The van der Waals surface area contributed by atoms with E-state index in [4.69, 9.17) is 0 Å². The fourth-order valence-corrected chi connectivity index (χ4v) is 1.98. The van der Waals surface area contributed by atoms with Crippen LogP contribution in [-0.4, -0.2) is 15.7 Å². The molecule has 2 aromatic rings. The molecule has 0 unspecified atom stereocenters. The molecular weight excluding hydrogens is 200 g/mol. The third kappa shape index (κ3) is 1.91. The summed E-state index contributed by atoms with van der Waals surface area (Å²) < 4.78 is 1.97. The number of phenolic OH excluding ortho intramolecular Hbond substituents is 1. The van der Waals surface area contributed by atoms with Crippen molar-refractivity contribution in [1.29, 1.82) is 0 Å². The average Bonchev–Trinajstić information content (AvgIpc) is 2.54. The number of phenols is 1. The van der Waals surface area contributed by atoms with Crippen molar-refractivity contribution in [1.82, 2.24) is 9.88 Å². The van der Waals surface area contributed by atoms with Gasteiger partial charge in [-0.15, -0.1) is 0 Å². The first kappa shape index (κ1) is 11.0.